The van der Waals surface area contributed by atoms with Crippen molar-refractivity contribution >= 4 is 5.91 Å². The van der Waals surface area contributed by atoms with E-state index in [-0.39, 0.29) is 17.9 Å². The van der Waals surface area contributed by atoms with Crippen molar-refractivity contribution in [2.45, 2.75) is 12.6 Å². The molecule has 0 bridgehead atoms. The number of hydrogen-bond donors (Lipinski definition) is 2. The molecule has 0 aliphatic carbocycles. The smallest absolute Gasteiger partial charge is 0.227 e. The maximum Gasteiger partial charge on any atom is 0.227 e. The summed E-state index contributed by atoms with van der Waals surface area (Å²) in [7, 11) is 3.36. The van der Waals surface area contributed by atoms with Crippen molar-refractivity contribution in [2.75, 3.05) is 20.3 Å². The average Bonchev–Trinajstić information content (AvgIpc) is 2.92. The molecule has 0 spiro atoms. The molecule has 1 fully saturated rings. The molecule has 7 nitrogen and oxygen atoms in total. The summed E-state index contributed by atoms with van der Waals surface area (Å²) in [5.41, 5.74) is 6.52. The van der Waals surface area contributed by atoms with Crippen molar-refractivity contribution in [2.24, 2.45) is 18.7 Å². The minimum Gasteiger partial charge on any atom is -0.481 e. The highest BCUT2D eigenvalue weighted by atomic mass is 16.5. The lowest BCUT2D eigenvalue weighted by Crippen LogP contribution is -2.40. The van der Waals surface area contributed by atoms with Crippen LogP contribution in [0, 0.1) is 5.92 Å². The van der Waals surface area contributed by atoms with Gasteiger partial charge in [0, 0.05) is 19.2 Å². The number of nitrogens with one attached hydrogen (secondary N) is 1. The van der Waals surface area contributed by atoms with Gasteiger partial charge in [-0.3, -0.25) is 4.79 Å². The maximum absolute atomic E-state index is 11.9. The third-order valence-electron chi connectivity index (χ3n) is 3.00. The number of methoxy groups -OCH3 is 1. The van der Waals surface area contributed by atoms with Crippen molar-refractivity contribution < 1.29 is 14.3 Å². The summed E-state index contributed by atoms with van der Waals surface area (Å²) < 4.78 is 11.9. The van der Waals surface area contributed by atoms with E-state index in [0.717, 1.165) is 5.69 Å². The van der Waals surface area contributed by atoms with E-state index in [1.165, 1.54) is 0 Å². The van der Waals surface area contributed by atoms with E-state index in [1.54, 1.807) is 24.9 Å². The number of hydrogen-bond acceptors (Lipinski definition) is 5. The summed E-state index contributed by atoms with van der Waals surface area (Å²) in [6, 6.07) is 1.56. The molecule has 1 saturated heterocycles. The molecule has 18 heavy (non-hydrogen) atoms. The van der Waals surface area contributed by atoms with Gasteiger partial charge >= 0.3 is 0 Å². The Morgan fingerprint density at radius 1 is 1.72 bits per heavy atom. The molecule has 3 N–H and O–H groups in total. The summed E-state index contributed by atoms with van der Waals surface area (Å²) in [5.74, 6) is 0.292. The zero-order chi connectivity index (χ0) is 13.1. The predicted molar refractivity (Wildman–Crippen MR) is 63.9 cm³/mol. The summed E-state index contributed by atoms with van der Waals surface area (Å²) in [6.07, 6.45) is 0. The largest absolute Gasteiger partial charge is 0.481 e. The van der Waals surface area contributed by atoms with Crippen molar-refractivity contribution in [3.05, 3.63) is 11.8 Å². The van der Waals surface area contributed by atoms with Crippen LogP contribution < -0.4 is 15.8 Å². The van der Waals surface area contributed by atoms with Crippen molar-refractivity contribution in [3.8, 4) is 5.88 Å². The Hall–Kier alpha value is -1.60. The third kappa shape index (κ3) is 2.62. The first-order valence-corrected chi connectivity index (χ1v) is 5.79. The Balaban J connectivity index is 1.88. The van der Waals surface area contributed by atoms with Crippen LogP contribution in [0.15, 0.2) is 6.07 Å². The van der Waals surface area contributed by atoms with Gasteiger partial charge in [0.15, 0.2) is 0 Å². The molecule has 100 valence electrons. The van der Waals surface area contributed by atoms with Crippen LogP contribution in [-0.4, -0.2) is 42.1 Å². The third-order valence-corrected chi connectivity index (χ3v) is 3.00. The lowest BCUT2D eigenvalue weighted by atomic mass is 10.0. The summed E-state index contributed by atoms with van der Waals surface area (Å²) in [5, 5.41) is 7.02. The van der Waals surface area contributed by atoms with Gasteiger partial charge in [-0.25, -0.2) is 4.68 Å². The fourth-order valence-electron chi connectivity index (χ4n) is 1.93. The highest BCUT2D eigenvalue weighted by Gasteiger charge is 2.31. The predicted octanol–water partition coefficient (Wildman–Crippen LogP) is -0.981. The molecule has 2 atom stereocenters. The van der Waals surface area contributed by atoms with Crippen LogP contribution in [0.5, 0.6) is 5.88 Å². The first-order chi connectivity index (χ1) is 8.61. The van der Waals surface area contributed by atoms with Gasteiger partial charge in [-0.1, -0.05) is 0 Å². The minimum absolute atomic E-state index is 0.0929. The fraction of sp³-hybridized carbons (Fsp3) is 0.636. The zero-order valence-corrected chi connectivity index (χ0v) is 10.5. The summed E-state index contributed by atoms with van der Waals surface area (Å²) >= 11 is 0. The lowest BCUT2D eigenvalue weighted by molar-refractivity contribution is -0.125. The fourth-order valence-corrected chi connectivity index (χ4v) is 1.93. The van der Waals surface area contributed by atoms with Crippen molar-refractivity contribution in [1.82, 2.24) is 15.1 Å². The Morgan fingerprint density at radius 3 is 3.06 bits per heavy atom. The summed E-state index contributed by atoms with van der Waals surface area (Å²) in [4.78, 5) is 11.9. The molecule has 0 aromatic carbocycles. The molecule has 2 unspecified atom stereocenters. The van der Waals surface area contributed by atoms with E-state index in [2.05, 4.69) is 10.4 Å². The van der Waals surface area contributed by atoms with Gasteiger partial charge in [0.2, 0.25) is 11.8 Å². The van der Waals surface area contributed by atoms with Gasteiger partial charge in [0.25, 0.3) is 0 Å². The second-order valence-corrected chi connectivity index (χ2v) is 4.33. The van der Waals surface area contributed by atoms with E-state index in [1.807, 2.05) is 0 Å². The molecule has 0 radical (unpaired) electrons. The van der Waals surface area contributed by atoms with Gasteiger partial charge < -0.3 is 20.5 Å². The minimum atomic E-state index is -0.268. The number of rotatable bonds is 4. The van der Waals surface area contributed by atoms with E-state index in [9.17, 15) is 4.79 Å². The van der Waals surface area contributed by atoms with Gasteiger partial charge in [0.1, 0.15) is 0 Å². The van der Waals surface area contributed by atoms with Crippen molar-refractivity contribution in [3.63, 3.8) is 0 Å². The number of aryl methyl sites for hydroxylation is 1. The van der Waals surface area contributed by atoms with E-state index in [4.69, 9.17) is 15.2 Å². The second kappa shape index (κ2) is 5.36. The van der Waals surface area contributed by atoms with Crippen LogP contribution in [0.4, 0.5) is 0 Å². The van der Waals surface area contributed by atoms with E-state index in [0.29, 0.717) is 25.6 Å². The standard InChI is InChI=1S/C11H18N4O3/c1-15-10(17-2)3-7(14-15)4-13-11(16)8-5-18-6-9(8)12/h3,8-9H,4-6,12H2,1-2H3,(H,13,16). The molecule has 1 aliphatic heterocycles. The number of nitrogens with zero attached hydrogens (tertiary/aromatic N) is 2. The van der Waals surface area contributed by atoms with Crippen LogP contribution >= 0.6 is 0 Å². The average molecular weight is 254 g/mol. The van der Waals surface area contributed by atoms with Crippen LogP contribution in [0.25, 0.3) is 0 Å². The number of carbonyl (C=O) groups is 1. The number of carbonyl (C=O) groups excluding carboxylic acids is 1. The Morgan fingerprint density at radius 2 is 2.50 bits per heavy atom. The first-order valence-electron chi connectivity index (χ1n) is 5.79. The van der Waals surface area contributed by atoms with Crippen molar-refractivity contribution in [1.29, 1.82) is 0 Å². The van der Waals surface area contributed by atoms with Crippen LogP contribution in [0.2, 0.25) is 0 Å². The molecule has 1 aromatic rings. The summed E-state index contributed by atoms with van der Waals surface area (Å²) in [6.45, 7) is 1.19. The number of ether oxygens (including phenoxy) is 2. The van der Waals surface area contributed by atoms with Gasteiger partial charge in [-0.05, 0) is 0 Å². The molecule has 2 rings (SSSR count). The number of aromatic nitrogens is 2. The van der Waals surface area contributed by atoms with E-state index >= 15 is 0 Å². The van der Waals surface area contributed by atoms with Gasteiger partial charge in [-0.15, -0.1) is 0 Å². The molecular formula is C11H18N4O3. The Bertz CT molecular complexity index is 432. The van der Waals surface area contributed by atoms with Gasteiger partial charge in [0.05, 0.1) is 38.5 Å². The Labute approximate surface area is 105 Å². The van der Waals surface area contributed by atoms with Crippen LogP contribution in [0.1, 0.15) is 5.69 Å². The lowest BCUT2D eigenvalue weighted by Gasteiger charge is -2.12. The highest BCUT2D eigenvalue weighted by molar-refractivity contribution is 5.79. The topological polar surface area (TPSA) is 91.4 Å². The zero-order valence-electron chi connectivity index (χ0n) is 10.5. The van der Waals surface area contributed by atoms with E-state index < -0.39 is 0 Å². The normalized spacial score (nSPS) is 23.1. The van der Waals surface area contributed by atoms with Crippen LogP contribution in [0.3, 0.4) is 0 Å². The quantitative estimate of drug-likeness (QED) is 0.720. The number of nitrogens with two attached hydrogens (primary N) is 1. The molecule has 1 aromatic heterocycles. The molecule has 1 aliphatic rings. The first kappa shape index (κ1) is 12.8. The monoisotopic (exact) mass is 254 g/mol. The molecule has 1 amide bonds. The van der Waals surface area contributed by atoms with Crippen LogP contribution in [-0.2, 0) is 23.1 Å². The second-order valence-electron chi connectivity index (χ2n) is 4.33. The maximum atomic E-state index is 11.9. The SMILES string of the molecule is COc1cc(CNC(=O)C2COCC2N)nn1C. The molecular weight excluding hydrogens is 236 g/mol. The molecule has 7 heteroatoms. The van der Waals surface area contributed by atoms with Gasteiger partial charge in [-0.2, -0.15) is 5.10 Å². The molecule has 0 saturated carbocycles. The number of amides is 1. The highest BCUT2D eigenvalue weighted by Crippen LogP contribution is 2.13. The molecule has 2 heterocycles. The Kier molecular flexibility index (Phi) is 3.83.